The quantitative estimate of drug-likeness (QED) is 0.842. The van der Waals surface area contributed by atoms with Crippen LogP contribution in [0.5, 0.6) is 0 Å². The SMILES string of the molecule is CCCC(c1ccc(CN)cc1)c1ccc(CN)cc1. The van der Waals surface area contributed by atoms with Gasteiger partial charge in [0.2, 0.25) is 0 Å². The minimum atomic E-state index is 0.457. The van der Waals surface area contributed by atoms with E-state index in [4.69, 9.17) is 11.5 Å². The monoisotopic (exact) mass is 268 g/mol. The molecule has 0 aromatic heterocycles. The highest BCUT2D eigenvalue weighted by Crippen LogP contribution is 2.29. The molecule has 20 heavy (non-hydrogen) atoms. The summed E-state index contributed by atoms with van der Waals surface area (Å²) < 4.78 is 0. The molecular formula is C18H24N2. The zero-order valence-corrected chi connectivity index (χ0v) is 12.2. The zero-order valence-electron chi connectivity index (χ0n) is 12.2. The fourth-order valence-electron chi connectivity index (χ4n) is 2.59. The van der Waals surface area contributed by atoms with Crippen LogP contribution in [0.25, 0.3) is 0 Å². The predicted octanol–water partition coefficient (Wildman–Crippen LogP) is 3.54. The predicted molar refractivity (Wildman–Crippen MR) is 85.4 cm³/mol. The van der Waals surface area contributed by atoms with Crippen LogP contribution in [0.2, 0.25) is 0 Å². The molecule has 0 aliphatic carbocycles. The van der Waals surface area contributed by atoms with Gasteiger partial charge in [0.15, 0.2) is 0 Å². The van der Waals surface area contributed by atoms with Crippen molar-refractivity contribution >= 4 is 0 Å². The van der Waals surface area contributed by atoms with Crippen molar-refractivity contribution in [3.63, 3.8) is 0 Å². The van der Waals surface area contributed by atoms with E-state index in [0.29, 0.717) is 19.0 Å². The average molecular weight is 268 g/mol. The van der Waals surface area contributed by atoms with Crippen molar-refractivity contribution in [2.75, 3.05) is 0 Å². The van der Waals surface area contributed by atoms with E-state index >= 15 is 0 Å². The maximum Gasteiger partial charge on any atom is 0.0178 e. The fourth-order valence-corrected chi connectivity index (χ4v) is 2.59. The Labute approximate surface area is 121 Å². The van der Waals surface area contributed by atoms with Crippen LogP contribution in [0.4, 0.5) is 0 Å². The van der Waals surface area contributed by atoms with Gasteiger partial charge in [-0.15, -0.1) is 0 Å². The average Bonchev–Trinajstić information content (AvgIpc) is 2.53. The Morgan fingerprint density at radius 2 is 1.15 bits per heavy atom. The van der Waals surface area contributed by atoms with Gasteiger partial charge in [0.1, 0.15) is 0 Å². The van der Waals surface area contributed by atoms with E-state index in [1.165, 1.54) is 28.7 Å². The first-order valence-electron chi connectivity index (χ1n) is 7.36. The summed E-state index contributed by atoms with van der Waals surface area (Å²) in [4.78, 5) is 0. The molecule has 0 heterocycles. The second-order valence-electron chi connectivity index (χ2n) is 5.23. The molecule has 0 saturated heterocycles. The first kappa shape index (κ1) is 14.8. The van der Waals surface area contributed by atoms with E-state index in [2.05, 4.69) is 55.5 Å². The molecule has 0 amide bonds. The van der Waals surface area contributed by atoms with Crippen LogP contribution in [0.3, 0.4) is 0 Å². The number of benzene rings is 2. The van der Waals surface area contributed by atoms with Gasteiger partial charge in [0, 0.05) is 19.0 Å². The molecule has 0 aliphatic heterocycles. The van der Waals surface area contributed by atoms with Gasteiger partial charge in [-0.25, -0.2) is 0 Å². The molecule has 0 unspecified atom stereocenters. The lowest BCUT2D eigenvalue weighted by Crippen LogP contribution is -2.03. The Morgan fingerprint density at radius 3 is 1.45 bits per heavy atom. The minimum Gasteiger partial charge on any atom is -0.326 e. The summed E-state index contributed by atoms with van der Waals surface area (Å²) in [6.45, 7) is 3.43. The molecule has 0 aliphatic rings. The maximum atomic E-state index is 5.67. The van der Waals surface area contributed by atoms with Crippen molar-refractivity contribution < 1.29 is 0 Å². The van der Waals surface area contributed by atoms with Crippen LogP contribution in [-0.4, -0.2) is 0 Å². The van der Waals surface area contributed by atoms with Crippen LogP contribution in [0.1, 0.15) is 47.9 Å². The number of hydrogen-bond acceptors (Lipinski definition) is 2. The number of hydrogen-bond donors (Lipinski definition) is 2. The molecular weight excluding hydrogens is 244 g/mol. The zero-order chi connectivity index (χ0) is 14.4. The third-order valence-corrected chi connectivity index (χ3v) is 3.81. The molecule has 0 radical (unpaired) electrons. The van der Waals surface area contributed by atoms with Crippen molar-refractivity contribution in [1.29, 1.82) is 0 Å². The molecule has 0 bridgehead atoms. The van der Waals surface area contributed by atoms with E-state index in [1.807, 2.05) is 0 Å². The first-order valence-corrected chi connectivity index (χ1v) is 7.36. The molecule has 2 aromatic carbocycles. The molecule has 0 fully saturated rings. The standard InChI is InChI=1S/C18H24N2/c1-2-3-18(16-8-4-14(12-19)5-9-16)17-10-6-15(13-20)7-11-17/h4-11,18H,2-3,12-13,19-20H2,1H3. The lowest BCUT2D eigenvalue weighted by Gasteiger charge is -2.18. The Kier molecular flexibility index (Phi) is 5.33. The Bertz CT molecular complexity index is 467. The smallest absolute Gasteiger partial charge is 0.0178 e. The van der Waals surface area contributed by atoms with Crippen molar-refractivity contribution in [2.45, 2.75) is 38.8 Å². The van der Waals surface area contributed by atoms with Crippen molar-refractivity contribution in [1.82, 2.24) is 0 Å². The molecule has 0 spiro atoms. The van der Waals surface area contributed by atoms with E-state index < -0.39 is 0 Å². The van der Waals surface area contributed by atoms with Crippen molar-refractivity contribution in [2.24, 2.45) is 11.5 Å². The minimum absolute atomic E-state index is 0.457. The van der Waals surface area contributed by atoms with E-state index in [1.54, 1.807) is 0 Å². The first-order chi connectivity index (χ1) is 9.78. The summed E-state index contributed by atoms with van der Waals surface area (Å²) in [5.74, 6) is 0.457. The molecule has 106 valence electrons. The van der Waals surface area contributed by atoms with Crippen LogP contribution in [-0.2, 0) is 13.1 Å². The Balaban J connectivity index is 2.28. The van der Waals surface area contributed by atoms with Gasteiger partial charge in [-0.1, -0.05) is 61.9 Å². The Hall–Kier alpha value is -1.64. The summed E-state index contributed by atoms with van der Waals surface area (Å²) in [5.41, 5.74) is 16.4. The summed E-state index contributed by atoms with van der Waals surface area (Å²) in [6.07, 6.45) is 2.33. The molecule has 0 atom stereocenters. The highest BCUT2D eigenvalue weighted by atomic mass is 14.5. The van der Waals surface area contributed by atoms with Crippen LogP contribution in [0, 0.1) is 0 Å². The van der Waals surface area contributed by atoms with Gasteiger partial charge in [-0.05, 0) is 28.7 Å². The molecule has 2 heteroatoms. The van der Waals surface area contributed by atoms with Gasteiger partial charge >= 0.3 is 0 Å². The van der Waals surface area contributed by atoms with E-state index in [0.717, 1.165) is 6.42 Å². The highest BCUT2D eigenvalue weighted by molar-refractivity contribution is 5.35. The normalized spacial score (nSPS) is 11.0. The van der Waals surface area contributed by atoms with Gasteiger partial charge in [0.25, 0.3) is 0 Å². The lowest BCUT2D eigenvalue weighted by atomic mass is 9.87. The van der Waals surface area contributed by atoms with Crippen LogP contribution in [0.15, 0.2) is 48.5 Å². The van der Waals surface area contributed by atoms with Crippen molar-refractivity contribution in [3.05, 3.63) is 70.8 Å². The Morgan fingerprint density at radius 1 is 0.750 bits per heavy atom. The van der Waals surface area contributed by atoms with E-state index in [9.17, 15) is 0 Å². The molecule has 4 N–H and O–H groups in total. The third-order valence-electron chi connectivity index (χ3n) is 3.81. The van der Waals surface area contributed by atoms with Gasteiger partial charge in [0.05, 0.1) is 0 Å². The molecule has 2 aromatic rings. The summed E-state index contributed by atoms with van der Waals surface area (Å²) in [5, 5.41) is 0. The van der Waals surface area contributed by atoms with Gasteiger partial charge < -0.3 is 11.5 Å². The van der Waals surface area contributed by atoms with Gasteiger partial charge in [-0.3, -0.25) is 0 Å². The van der Waals surface area contributed by atoms with Crippen molar-refractivity contribution in [3.8, 4) is 0 Å². The second-order valence-corrected chi connectivity index (χ2v) is 5.23. The lowest BCUT2D eigenvalue weighted by molar-refractivity contribution is 0.697. The summed E-state index contributed by atoms with van der Waals surface area (Å²) in [7, 11) is 0. The maximum absolute atomic E-state index is 5.67. The fraction of sp³-hybridized carbons (Fsp3) is 0.333. The largest absolute Gasteiger partial charge is 0.326 e. The topological polar surface area (TPSA) is 52.0 Å². The summed E-state index contributed by atoms with van der Waals surface area (Å²) >= 11 is 0. The van der Waals surface area contributed by atoms with Crippen LogP contribution < -0.4 is 11.5 Å². The second kappa shape index (κ2) is 7.22. The summed E-state index contributed by atoms with van der Waals surface area (Å²) in [6, 6.07) is 17.4. The number of nitrogens with two attached hydrogens (primary N) is 2. The van der Waals surface area contributed by atoms with Gasteiger partial charge in [-0.2, -0.15) is 0 Å². The molecule has 2 nitrogen and oxygen atoms in total. The van der Waals surface area contributed by atoms with Crippen LogP contribution >= 0.6 is 0 Å². The molecule has 2 rings (SSSR count). The third kappa shape index (κ3) is 3.47. The number of rotatable bonds is 6. The van der Waals surface area contributed by atoms with E-state index in [-0.39, 0.29) is 0 Å². The highest BCUT2D eigenvalue weighted by Gasteiger charge is 2.13. The molecule has 0 saturated carbocycles.